The summed E-state index contributed by atoms with van der Waals surface area (Å²) in [6.45, 7) is 2.96. The summed E-state index contributed by atoms with van der Waals surface area (Å²) in [5, 5.41) is 0. The van der Waals surface area contributed by atoms with Gasteiger partial charge >= 0.3 is 0 Å². The van der Waals surface area contributed by atoms with Gasteiger partial charge in [0.25, 0.3) is 0 Å². The first-order chi connectivity index (χ1) is 8.31. The van der Waals surface area contributed by atoms with Crippen LogP contribution in [0.2, 0.25) is 0 Å². The van der Waals surface area contributed by atoms with E-state index < -0.39 is 0 Å². The molecule has 0 N–H and O–H groups in total. The molecule has 0 aromatic heterocycles. The first-order valence-corrected chi connectivity index (χ1v) is 6.60. The normalized spacial score (nSPS) is 14.5. The first kappa shape index (κ1) is 12.2. The molecule has 1 aliphatic rings. The van der Waals surface area contributed by atoms with Crippen LogP contribution in [-0.2, 0) is 6.42 Å². The molecule has 0 amide bonds. The third-order valence-electron chi connectivity index (χ3n) is 3.24. The highest BCUT2D eigenvalue weighted by Crippen LogP contribution is 2.25. The number of carbonyl (C=O) groups excluding carboxylic acids is 1. The number of aryl methyl sites for hydroxylation is 1. The van der Waals surface area contributed by atoms with Gasteiger partial charge in [-0.1, -0.05) is 19.8 Å². The topological polar surface area (TPSA) is 26.3 Å². The largest absolute Gasteiger partial charge is 0.494 e. The van der Waals surface area contributed by atoms with Crippen LogP contribution in [0, 0.1) is 0 Å². The van der Waals surface area contributed by atoms with Crippen molar-refractivity contribution >= 4 is 5.78 Å². The number of fused-ring (bicyclic) bond motifs is 1. The zero-order chi connectivity index (χ0) is 12.1. The number of unbranched alkanes of at least 4 members (excludes halogenated alkanes) is 2. The summed E-state index contributed by atoms with van der Waals surface area (Å²) in [6, 6.07) is 5.89. The summed E-state index contributed by atoms with van der Waals surface area (Å²) in [5.41, 5.74) is 2.06. The van der Waals surface area contributed by atoms with E-state index in [1.807, 2.05) is 18.2 Å². The van der Waals surface area contributed by atoms with Gasteiger partial charge in [-0.15, -0.1) is 0 Å². The van der Waals surface area contributed by atoms with Gasteiger partial charge in [0.05, 0.1) is 6.61 Å². The zero-order valence-corrected chi connectivity index (χ0v) is 10.5. The lowest BCUT2D eigenvalue weighted by Crippen LogP contribution is -2.10. The van der Waals surface area contributed by atoms with Gasteiger partial charge in [-0.2, -0.15) is 0 Å². The second-order valence-corrected chi connectivity index (χ2v) is 4.65. The van der Waals surface area contributed by atoms with Gasteiger partial charge in [0.2, 0.25) is 0 Å². The van der Waals surface area contributed by atoms with E-state index in [0.717, 1.165) is 42.7 Å². The molecule has 0 bridgehead atoms. The van der Waals surface area contributed by atoms with Crippen LogP contribution in [-0.4, -0.2) is 12.4 Å². The molecule has 0 fully saturated rings. The van der Waals surface area contributed by atoms with Gasteiger partial charge in [0, 0.05) is 12.0 Å². The summed E-state index contributed by atoms with van der Waals surface area (Å²) in [6.07, 6.45) is 6.21. The Morgan fingerprint density at radius 1 is 1.24 bits per heavy atom. The van der Waals surface area contributed by atoms with Crippen molar-refractivity contribution in [2.75, 3.05) is 6.61 Å². The smallest absolute Gasteiger partial charge is 0.163 e. The average Bonchev–Trinajstić information content (AvgIpc) is 2.35. The summed E-state index contributed by atoms with van der Waals surface area (Å²) < 4.78 is 5.70. The molecule has 0 saturated carbocycles. The second kappa shape index (κ2) is 5.85. The molecule has 0 atom stereocenters. The van der Waals surface area contributed by atoms with Crippen LogP contribution in [0.15, 0.2) is 18.2 Å². The second-order valence-electron chi connectivity index (χ2n) is 4.65. The van der Waals surface area contributed by atoms with E-state index in [1.54, 1.807) is 0 Å². The van der Waals surface area contributed by atoms with Gasteiger partial charge in [-0.25, -0.2) is 0 Å². The van der Waals surface area contributed by atoms with Crippen LogP contribution >= 0.6 is 0 Å². The van der Waals surface area contributed by atoms with Crippen molar-refractivity contribution < 1.29 is 9.53 Å². The standard InChI is InChI=1S/C15H20O2/c1-2-3-4-10-17-13-8-9-14-12(11-13)6-5-7-15(14)16/h8-9,11H,2-7,10H2,1H3. The quantitative estimate of drug-likeness (QED) is 0.722. The molecular formula is C15H20O2. The predicted molar refractivity (Wildman–Crippen MR) is 68.7 cm³/mol. The molecule has 1 aliphatic carbocycles. The molecule has 0 aliphatic heterocycles. The van der Waals surface area contributed by atoms with Gasteiger partial charge in [0.15, 0.2) is 5.78 Å². The fourth-order valence-electron chi connectivity index (χ4n) is 2.25. The molecule has 2 nitrogen and oxygen atoms in total. The molecule has 0 radical (unpaired) electrons. The lowest BCUT2D eigenvalue weighted by molar-refractivity contribution is 0.0972. The molecule has 1 aromatic carbocycles. The number of hydrogen-bond acceptors (Lipinski definition) is 2. The minimum Gasteiger partial charge on any atom is -0.494 e. The van der Waals surface area contributed by atoms with E-state index in [4.69, 9.17) is 4.74 Å². The van der Waals surface area contributed by atoms with Crippen LogP contribution in [0.1, 0.15) is 54.9 Å². The number of rotatable bonds is 5. The lowest BCUT2D eigenvalue weighted by Gasteiger charge is -2.15. The average molecular weight is 232 g/mol. The Balaban J connectivity index is 1.98. The zero-order valence-electron chi connectivity index (χ0n) is 10.5. The Bertz CT molecular complexity index is 396. The maximum Gasteiger partial charge on any atom is 0.163 e. The highest BCUT2D eigenvalue weighted by atomic mass is 16.5. The Morgan fingerprint density at radius 2 is 2.12 bits per heavy atom. The molecule has 0 unspecified atom stereocenters. The van der Waals surface area contributed by atoms with Crippen molar-refractivity contribution in [3.8, 4) is 5.75 Å². The summed E-state index contributed by atoms with van der Waals surface area (Å²) in [5.74, 6) is 1.19. The maximum atomic E-state index is 11.7. The first-order valence-electron chi connectivity index (χ1n) is 6.60. The van der Waals surface area contributed by atoms with E-state index in [0.29, 0.717) is 6.42 Å². The lowest BCUT2D eigenvalue weighted by atomic mass is 9.90. The Morgan fingerprint density at radius 3 is 2.94 bits per heavy atom. The summed E-state index contributed by atoms with van der Waals surface area (Å²) >= 11 is 0. The number of ether oxygens (including phenoxy) is 1. The highest BCUT2D eigenvalue weighted by Gasteiger charge is 2.17. The minimum absolute atomic E-state index is 0.281. The van der Waals surface area contributed by atoms with E-state index in [1.165, 1.54) is 12.8 Å². The monoisotopic (exact) mass is 232 g/mol. The number of Topliss-reactive ketones (excluding diaryl/α,β-unsaturated/α-hetero) is 1. The fraction of sp³-hybridized carbons (Fsp3) is 0.533. The third-order valence-corrected chi connectivity index (χ3v) is 3.24. The van der Waals surface area contributed by atoms with Gasteiger partial charge in [-0.05, 0) is 43.0 Å². The van der Waals surface area contributed by atoms with Crippen molar-refractivity contribution in [2.24, 2.45) is 0 Å². The minimum atomic E-state index is 0.281. The van der Waals surface area contributed by atoms with Crippen molar-refractivity contribution in [1.29, 1.82) is 0 Å². The van der Waals surface area contributed by atoms with Gasteiger partial charge in [0.1, 0.15) is 5.75 Å². The third kappa shape index (κ3) is 3.09. The van der Waals surface area contributed by atoms with Gasteiger partial charge < -0.3 is 4.74 Å². The number of benzene rings is 1. The molecule has 0 spiro atoms. The van der Waals surface area contributed by atoms with Crippen LogP contribution in [0.5, 0.6) is 5.75 Å². The number of carbonyl (C=O) groups is 1. The van der Waals surface area contributed by atoms with Crippen molar-refractivity contribution in [1.82, 2.24) is 0 Å². The molecule has 2 rings (SSSR count). The van der Waals surface area contributed by atoms with Crippen molar-refractivity contribution in [3.63, 3.8) is 0 Å². The predicted octanol–water partition coefficient (Wildman–Crippen LogP) is 3.77. The summed E-state index contributed by atoms with van der Waals surface area (Å²) in [4.78, 5) is 11.7. The van der Waals surface area contributed by atoms with Crippen molar-refractivity contribution in [2.45, 2.75) is 45.4 Å². The molecule has 1 aromatic rings. The molecule has 0 heterocycles. The summed E-state index contributed by atoms with van der Waals surface area (Å²) in [7, 11) is 0. The Labute approximate surface area is 103 Å². The SMILES string of the molecule is CCCCCOc1ccc2c(c1)CCCC2=O. The van der Waals surface area contributed by atoms with E-state index >= 15 is 0 Å². The van der Waals surface area contributed by atoms with E-state index in [2.05, 4.69) is 6.92 Å². The Hall–Kier alpha value is -1.31. The molecule has 92 valence electrons. The molecular weight excluding hydrogens is 212 g/mol. The Kier molecular flexibility index (Phi) is 4.18. The maximum absolute atomic E-state index is 11.7. The van der Waals surface area contributed by atoms with Crippen LogP contribution in [0.3, 0.4) is 0 Å². The van der Waals surface area contributed by atoms with E-state index in [-0.39, 0.29) is 5.78 Å². The fourth-order valence-corrected chi connectivity index (χ4v) is 2.25. The van der Waals surface area contributed by atoms with Crippen LogP contribution in [0.4, 0.5) is 0 Å². The van der Waals surface area contributed by atoms with Crippen LogP contribution < -0.4 is 4.74 Å². The van der Waals surface area contributed by atoms with Gasteiger partial charge in [-0.3, -0.25) is 4.79 Å². The highest BCUT2D eigenvalue weighted by molar-refractivity contribution is 5.98. The molecule has 0 saturated heterocycles. The molecule has 17 heavy (non-hydrogen) atoms. The molecule has 2 heteroatoms. The number of hydrogen-bond donors (Lipinski definition) is 0. The van der Waals surface area contributed by atoms with E-state index in [9.17, 15) is 4.79 Å². The van der Waals surface area contributed by atoms with Crippen LogP contribution in [0.25, 0.3) is 0 Å². The number of ketones is 1. The van der Waals surface area contributed by atoms with Crippen molar-refractivity contribution in [3.05, 3.63) is 29.3 Å².